The van der Waals surface area contributed by atoms with E-state index in [0.29, 0.717) is 24.6 Å². The maximum absolute atomic E-state index is 9.47. The third-order valence-corrected chi connectivity index (χ3v) is 4.59. The molecule has 1 aliphatic carbocycles. The normalized spacial score (nSPS) is 24.6. The van der Waals surface area contributed by atoms with Gasteiger partial charge in [-0.15, -0.1) is 0 Å². The molecule has 0 bridgehead atoms. The summed E-state index contributed by atoms with van der Waals surface area (Å²) in [6.45, 7) is 4.76. The summed E-state index contributed by atoms with van der Waals surface area (Å²) in [5.74, 6) is 0.463. The van der Waals surface area contributed by atoms with Crippen LogP contribution in [-0.2, 0) is 6.42 Å². The van der Waals surface area contributed by atoms with Gasteiger partial charge in [-0.05, 0) is 51.0 Å². The summed E-state index contributed by atoms with van der Waals surface area (Å²) < 4.78 is 0. The first kappa shape index (κ1) is 15.5. The summed E-state index contributed by atoms with van der Waals surface area (Å²) in [5.41, 5.74) is 2.77. The molecule has 2 nitrogen and oxygen atoms in total. The van der Waals surface area contributed by atoms with Gasteiger partial charge in [0.2, 0.25) is 0 Å². The molecule has 0 aromatic heterocycles. The molecule has 1 aliphatic rings. The molecule has 1 fully saturated rings. The number of aryl methyl sites for hydroxylation is 2. The molecule has 0 heterocycles. The zero-order chi connectivity index (χ0) is 14.4. The molecular formula is C18H29NO. The predicted molar refractivity (Wildman–Crippen MR) is 84.9 cm³/mol. The Morgan fingerprint density at radius 3 is 2.85 bits per heavy atom. The van der Waals surface area contributed by atoms with Gasteiger partial charge in [-0.25, -0.2) is 0 Å². The number of hydrogen-bond acceptors (Lipinski definition) is 2. The van der Waals surface area contributed by atoms with Gasteiger partial charge < -0.3 is 10.4 Å². The Hall–Kier alpha value is -0.860. The average molecular weight is 275 g/mol. The van der Waals surface area contributed by atoms with Crippen LogP contribution in [0.5, 0.6) is 0 Å². The SMILES string of the molecule is Cc1cccc(CCC(C)NC2CCCCC2CO)c1. The van der Waals surface area contributed by atoms with Crippen molar-refractivity contribution in [3.05, 3.63) is 35.4 Å². The van der Waals surface area contributed by atoms with Gasteiger partial charge in [0, 0.05) is 18.7 Å². The Labute approximate surface area is 123 Å². The Kier molecular flexibility index (Phi) is 6.06. The zero-order valence-electron chi connectivity index (χ0n) is 12.9. The minimum atomic E-state index is 0.336. The van der Waals surface area contributed by atoms with Crippen molar-refractivity contribution in [1.29, 1.82) is 0 Å². The van der Waals surface area contributed by atoms with Crippen LogP contribution in [0, 0.1) is 12.8 Å². The number of aliphatic hydroxyl groups excluding tert-OH is 1. The topological polar surface area (TPSA) is 32.3 Å². The molecule has 3 unspecified atom stereocenters. The van der Waals surface area contributed by atoms with E-state index in [0.717, 1.165) is 12.8 Å². The molecule has 1 aromatic rings. The van der Waals surface area contributed by atoms with E-state index in [-0.39, 0.29) is 0 Å². The average Bonchev–Trinajstić information content (AvgIpc) is 2.46. The Morgan fingerprint density at radius 1 is 1.30 bits per heavy atom. The van der Waals surface area contributed by atoms with Gasteiger partial charge in [-0.3, -0.25) is 0 Å². The fraction of sp³-hybridized carbons (Fsp3) is 0.667. The number of aliphatic hydroxyl groups is 1. The molecule has 0 amide bonds. The van der Waals surface area contributed by atoms with E-state index in [4.69, 9.17) is 0 Å². The standard InChI is InChI=1S/C18H29NO/c1-14-6-5-7-16(12-14)11-10-15(2)19-18-9-4-3-8-17(18)13-20/h5-7,12,15,17-20H,3-4,8-11,13H2,1-2H3. The van der Waals surface area contributed by atoms with Crippen LogP contribution in [0.15, 0.2) is 24.3 Å². The van der Waals surface area contributed by atoms with Gasteiger partial charge in [-0.1, -0.05) is 42.7 Å². The van der Waals surface area contributed by atoms with E-state index in [1.807, 2.05) is 0 Å². The van der Waals surface area contributed by atoms with Crippen molar-refractivity contribution in [3.8, 4) is 0 Å². The molecule has 0 radical (unpaired) electrons. The van der Waals surface area contributed by atoms with Crippen LogP contribution in [0.1, 0.15) is 50.2 Å². The monoisotopic (exact) mass is 275 g/mol. The molecular weight excluding hydrogens is 246 g/mol. The van der Waals surface area contributed by atoms with E-state index in [1.165, 1.54) is 36.8 Å². The van der Waals surface area contributed by atoms with Crippen molar-refractivity contribution < 1.29 is 5.11 Å². The molecule has 1 saturated carbocycles. The van der Waals surface area contributed by atoms with Crippen molar-refractivity contribution in [2.75, 3.05) is 6.61 Å². The Balaban J connectivity index is 1.78. The number of nitrogens with one attached hydrogen (secondary N) is 1. The second-order valence-electron chi connectivity index (χ2n) is 6.43. The zero-order valence-corrected chi connectivity index (χ0v) is 12.9. The van der Waals surface area contributed by atoms with E-state index in [2.05, 4.69) is 43.4 Å². The maximum Gasteiger partial charge on any atom is 0.0474 e. The van der Waals surface area contributed by atoms with Crippen LogP contribution in [0.2, 0.25) is 0 Å². The molecule has 0 aliphatic heterocycles. The quantitative estimate of drug-likeness (QED) is 0.833. The lowest BCUT2D eigenvalue weighted by Crippen LogP contribution is -2.44. The fourth-order valence-corrected chi connectivity index (χ4v) is 3.35. The Bertz CT molecular complexity index is 404. The highest BCUT2D eigenvalue weighted by Crippen LogP contribution is 2.24. The van der Waals surface area contributed by atoms with Gasteiger partial charge >= 0.3 is 0 Å². The minimum absolute atomic E-state index is 0.336. The number of benzene rings is 1. The lowest BCUT2D eigenvalue weighted by molar-refractivity contribution is 0.146. The van der Waals surface area contributed by atoms with Gasteiger partial charge in [0.1, 0.15) is 0 Å². The van der Waals surface area contributed by atoms with E-state index in [9.17, 15) is 5.11 Å². The summed E-state index contributed by atoms with van der Waals surface area (Å²) in [5, 5.41) is 13.2. The van der Waals surface area contributed by atoms with Crippen LogP contribution in [-0.4, -0.2) is 23.8 Å². The van der Waals surface area contributed by atoms with Gasteiger partial charge in [0.15, 0.2) is 0 Å². The van der Waals surface area contributed by atoms with Crippen molar-refractivity contribution in [2.45, 2.75) is 64.5 Å². The summed E-state index contributed by atoms with van der Waals surface area (Å²) in [7, 11) is 0. The van der Waals surface area contributed by atoms with E-state index < -0.39 is 0 Å². The highest BCUT2D eigenvalue weighted by atomic mass is 16.3. The van der Waals surface area contributed by atoms with Crippen molar-refractivity contribution in [2.24, 2.45) is 5.92 Å². The first-order valence-corrected chi connectivity index (χ1v) is 8.11. The molecule has 2 heteroatoms. The minimum Gasteiger partial charge on any atom is -0.396 e. The van der Waals surface area contributed by atoms with Crippen LogP contribution in [0.25, 0.3) is 0 Å². The van der Waals surface area contributed by atoms with Gasteiger partial charge in [-0.2, -0.15) is 0 Å². The van der Waals surface area contributed by atoms with E-state index >= 15 is 0 Å². The maximum atomic E-state index is 9.47. The van der Waals surface area contributed by atoms with E-state index in [1.54, 1.807) is 0 Å². The highest BCUT2D eigenvalue weighted by molar-refractivity contribution is 5.22. The summed E-state index contributed by atoms with van der Waals surface area (Å²) in [6.07, 6.45) is 7.28. The molecule has 3 atom stereocenters. The molecule has 2 N–H and O–H groups in total. The number of rotatable bonds is 6. The third kappa shape index (κ3) is 4.60. The third-order valence-electron chi connectivity index (χ3n) is 4.59. The van der Waals surface area contributed by atoms with Crippen molar-refractivity contribution >= 4 is 0 Å². The van der Waals surface area contributed by atoms with Crippen LogP contribution in [0.3, 0.4) is 0 Å². The van der Waals surface area contributed by atoms with Crippen molar-refractivity contribution in [1.82, 2.24) is 5.32 Å². The van der Waals surface area contributed by atoms with Crippen molar-refractivity contribution in [3.63, 3.8) is 0 Å². The lowest BCUT2D eigenvalue weighted by Gasteiger charge is -2.33. The fourth-order valence-electron chi connectivity index (χ4n) is 3.35. The molecule has 1 aromatic carbocycles. The second kappa shape index (κ2) is 7.80. The van der Waals surface area contributed by atoms with Crippen LogP contribution in [0.4, 0.5) is 0 Å². The van der Waals surface area contributed by atoms with Crippen LogP contribution >= 0.6 is 0 Å². The molecule has 20 heavy (non-hydrogen) atoms. The summed E-state index contributed by atoms with van der Waals surface area (Å²) in [4.78, 5) is 0. The second-order valence-corrected chi connectivity index (χ2v) is 6.43. The molecule has 0 spiro atoms. The number of hydrogen-bond donors (Lipinski definition) is 2. The lowest BCUT2D eigenvalue weighted by atomic mass is 9.84. The predicted octanol–water partition coefficient (Wildman–Crippen LogP) is 3.46. The van der Waals surface area contributed by atoms with Crippen LogP contribution < -0.4 is 5.32 Å². The highest BCUT2D eigenvalue weighted by Gasteiger charge is 2.25. The largest absolute Gasteiger partial charge is 0.396 e. The first-order chi connectivity index (χ1) is 9.69. The Morgan fingerprint density at radius 2 is 2.10 bits per heavy atom. The van der Waals surface area contributed by atoms with Gasteiger partial charge in [0.25, 0.3) is 0 Å². The first-order valence-electron chi connectivity index (χ1n) is 8.11. The van der Waals surface area contributed by atoms with Gasteiger partial charge in [0.05, 0.1) is 0 Å². The summed E-state index contributed by atoms with van der Waals surface area (Å²) >= 11 is 0. The molecule has 2 rings (SSSR count). The summed E-state index contributed by atoms with van der Waals surface area (Å²) in [6, 6.07) is 9.83. The molecule has 112 valence electrons. The molecule has 0 saturated heterocycles. The smallest absolute Gasteiger partial charge is 0.0474 e.